The molecule has 0 bridgehead atoms. The molecule has 1 aromatic heterocycles. The van der Waals surface area contributed by atoms with Gasteiger partial charge in [0.1, 0.15) is 5.82 Å². The van der Waals surface area contributed by atoms with Gasteiger partial charge in [-0.05, 0) is 18.9 Å². The van der Waals surface area contributed by atoms with Crippen molar-refractivity contribution in [3.63, 3.8) is 0 Å². The van der Waals surface area contributed by atoms with Gasteiger partial charge in [-0.3, -0.25) is 0 Å². The Bertz CT molecular complexity index is 373. The highest BCUT2D eigenvalue weighted by Gasteiger charge is 2.16. The molecule has 2 rings (SSSR count). The van der Waals surface area contributed by atoms with Crippen LogP contribution < -0.4 is 5.32 Å². The van der Waals surface area contributed by atoms with E-state index in [2.05, 4.69) is 35.2 Å². The van der Waals surface area contributed by atoms with Crippen LogP contribution in [0.4, 0.5) is 0 Å². The first-order chi connectivity index (χ1) is 8.15. The van der Waals surface area contributed by atoms with Crippen LogP contribution in [0.3, 0.4) is 0 Å². The zero-order chi connectivity index (χ0) is 12.3. The third-order valence-electron chi connectivity index (χ3n) is 2.93. The van der Waals surface area contributed by atoms with E-state index in [9.17, 15) is 0 Å². The Labute approximate surface area is 103 Å². The van der Waals surface area contributed by atoms with Crippen LogP contribution in [0.5, 0.6) is 0 Å². The van der Waals surface area contributed by atoms with E-state index >= 15 is 0 Å². The van der Waals surface area contributed by atoms with E-state index in [1.165, 1.54) is 0 Å². The lowest BCUT2D eigenvalue weighted by Gasteiger charge is -2.23. The normalized spacial score (nSPS) is 20.8. The molecule has 1 fully saturated rings. The Morgan fingerprint density at radius 2 is 2.29 bits per heavy atom. The second-order valence-corrected chi connectivity index (χ2v) is 4.91. The molecule has 1 aromatic rings. The van der Waals surface area contributed by atoms with Crippen LogP contribution >= 0.6 is 0 Å². The van der Waals surface area contributed by atoms with Crippen molar-refractivity contribution in [2.24, 2.45) is 0 Å². The molecule has 0 radical (unpaired) electrons. The van der Waals surface area contributed by atoms with Crippen molar-refractivity contribution in [2.45, 2.75) is 39.2 Å². The molecule has 1 aliphatic rings. The van der Waals surface area contributed by atoms with Crippen molar-refractivity contribution in [1.82, 2.24) is 15.3 Å². The Morgan fingerprint density at radius 3 is 2.94 bits per heavy atom. The van der Waals surface area contributed by atoms with Gasteiger partial charge in [-0.2, -0.15) is 0 Å². The second-order valence-electron chi connectivity index (χ2n) is 4.91. The third kappa shape index (κ3) is 3.48. The Morgan fingerprint density at radius 1 is 1.47 bits per heavy atom. The fourth-order valence-corrected chi connectivity index (χ4v) is 2.00. The second kappa shape index (κ2) is 5.56. The Kier molecular flexibility index (Phi) is 4.07. The van der Waals surface area contributed by atoms with Crippen LogP contribution in [0.1, 0.15) is 37.0 Å². The van der Waals surface area contributed by atoms with Gasteiger partial charge in [0.25, 0.3) is 0 Å². The summed E-state index contributed by atoms with van der Waals surface area (Å²) in [6, 6.07) is 2.06. The minimum absolute atomic E-state index is 0.213. The van der Waals surface area contributed by atoms with E-state index in [0.29, 0.717) is 5.92 Å². The van der Waals surface area contributed by atoms with Gasteiger partial charge in [-0.25, -0.2) is 9.97 Å². The summed E-state index contributed by atoms with van der Waals surface area (Å²) in [4.78, 5) is 9.10. The number of morpholine rings is 1. The van der Waals surface area contributed by atoms with Gasteiger partial charge in [-0.15, -0.1) is 0 Å². The van der Waals surface area contributed by atoms with Crippen LogP contribution in [0, 0.1) is 6.92 Å². The largest absolute Gasteiger partial charge is 0.375 e. The molecular formula is C13H21N3O. The number of rotatable bonds is 3. The van der Waals surface area contributed by atoms with Crippen LogP contribution in [0.25, 0.3) is 0 Å². The summed E-state index contributed by atoms with van der Waals surface area (Å²) in [5.74, 6) is 1.35. The predicted molar refractivity (Wildman–Crippen MR) is 67.2 cm³/mol. The highest BCUT2D eigenvalue weighted by atomic mass is 16.5. The average Bonchev–Trinajstić information content (AvgIpc) is 2.29. The molecule has 0 aliphatic carbocycles. The molecule has 17 heavy (non-hydrogen) atoms. The molecule has 1 saturated heterocycles. The van der Waals surface area contributed by atoms with E-state index in [-0.39, 0.29) is 6.10 Å². The van der Waals surface area contributed by atoms with Gasteiger partial charge >= 0.3 is 0 Å². The summed E-state index contributed by atoms with van der Waals surface area (Å²) in [5, 5.41) is 3.33. The minimum Gasteiger partial charge on any atom is -0.375 e. The Balaban J connectivity index is 2.09. The van der Waals surface area contributed by atoms with Crippen molar-refractivity contribution in [1.29, 1.82) is 0 Å². The number of ether oxygens (including phenoxy) is 1. The molecule has 4 nitrogen and oxygen atoms in total. The third-order valence-corrected chi connectivity index (χ3v) is 2.93. The molecule has 0 spiro atoms. The maximum Gasteiger partial charge on any atom is 0.131 e. The number of nitrogens with one attached hydrogen (secondary N) is 1. The maximum atomic E-state index is 5.68. The molecular weight excluding hydrogens is 214 g/mol. The van der Waals surface area contributed by atoms with Gasteiger partial charge in [0.05, 0.1) is 12.7 Å². The first-order valence-electron chi connectivity index (χ1n) is 6.32. The summed E-state index contributed by atoms with van der Waals surface area (Å²) in [5.41, 5.74) is 2.17. The van der Waals surface area contributed by atoms with Gasteiger partial charge in [0.15, 0.2) is 0 Å². The van der Waals surface area contributed by atoms with Gasteiger partial charge < -0.3 is 10.1 Å². The van der Waals surface area contributed by atoms with E-state index in [4.69, 9.17) is 4.74 Å². The molecule has 94 valence electrons. The zero-order valence-corrected chi connectivity index (χ0v) is 10.9. The number of aromatic nitrogens is 2. The van der Waals surface area contributed by atoms with Gasteiger partial charge in [-0.1, -0.05) is 13.8 Å². The van der Waals surface area contributed by atoms with E-state index < -0.39 is 0 Å². The van der Waals surface area contributed by atoms with Crippen molar-refractivity contribution in [2.75, 3.05) is 19.7 Å². The monoisotopic (exact) mass is 235 g/mol. The number of hydrogen-bond acceptors (Lipinski definition) is 4. The van der Waals surface area contributed by atoms with Crippen molar-refractivity contribution >= 4 is 0 Å². The Hall–Kier alpha value is -1.00. The molecule has 1 atom stereocenters. The van der Waals surface area contributed by atoms with Crippen molar-refractivity contribution in [3.05, 3.63) is 23.3 Å². The highest BCUT2D eigenvalue weighted by Crippen LogP contribution is 2.13. The first-order valence-corrected chi connectivity index (χ1v) is 6.32. The lowest BCUT2D eigenvalue weighted by molar-refractivity contribution is 0.0280. The standard InChI is InChI=1S/C13H21N3O/c1-9(2)12-6-10(3)15-13(16-12)7-11-8-14-4-5-17-11/h6,9,11,14H,4-5,7-8H2,1-3H3. The smallest absolute Gasteiger partial charge is 0.131 e. The zero-order valence-electron chi connectivity index (χ0n) is 10.9. The van der Waals surface area contributed by atoms with Crippen LogP contribution in [0.15, 0.2) is 6.07 Å². The molecule has 1 unspecified atom stereocenters. The number of hydrogen-bond donors (Lipinski definition) is 1. The summed E-state index contributed by atoms with van der Waals surface area (Å²) in [7, 11) is 0. The maximum absolute atomic E-state index is 5.68. The van der Waals surface area contributed by atoms with Gasteiger partial charge in [0.2, 0.25) is 0 Å². The molecule has 0 aromatic carbocycles. The quantitative estimate of drug-likeness (QED) is 0.861. The lowest BCUT2D eigenvalue weighted by atomic mass is 10.1. The van der Waals surface area contributed by atoms with Crippen LogP contribution in [0.2, 0.25) is 0 Å². The molecule has 4 heteroatoms. The molecule has 0 amide bonds. The predicted octanol–water partition coefficient (Wildman–Crippen LogP) is 1.44. The lowest BCUT2D eigenvalue weighted by Crippen LogP contribution is -2.40. The minimum atomic E-state index is 0.213. The molecule has 0 saturated carbocycles. The SMILES string of the molecule is Cc1cc(C(C)C)nc(CC2CNCCO2)n1. The number of aryl methyl sites for hydroxylation is 1. The first kappa shape index (κ1) is 12.5. The molecule has 1 aliphatic heterocycles. The van der Waals surface area contributed by atoms with Crippen molar-refractivity contribution < 1.29 is 4.74 Å². The fourth-order valence-electron chi connectivity index (χ4n) is 2.00. The molecule has 1 N–H and O–H groups in total. The topological polar surface area (TPSA) is 47.0 Å². The molecule has 2 heterocycles. The summed E-state index contributed by atoms with van der Waals surface area (Å²) >= 11 is 0. The average molecular weight is 235 g/mol. The summed E-state index contributed by atoms with van der Waals surface area (Å²) in [6.45, 7) is 8.97. The van der Waals surface area contributed by atoms with Crippen LogP contribution in [-0.2, 0) is 11.2 Å². The fraction of sp³-hybridized carbons (Fsp3) is 0.692. The van der Waals surface area contributed by atoms with Gasteiger partial charge in [0, 0.05) is 30.9 Å². The summed E-state index contributed by atoms with van der Waals surface area (Å²) < 4.78 is 5.68. The van der Waals surface area contributed by atoms with E-state index in [0.717, 1.165) is 43.3 Å². The van der Waals surface area contributed by atoms with Crippen molar-refractivity contribution in [3.8, 4) is 0 Å². The number of nitrogens with zero attached hydrogens (tertiary/aromatic N) is 2. The summed E-state index contributed by atoms with van der Waals surface area (Å²) in [6.07, 6.45) is 1.01. The van der Waals surface area contributed by atoms with Crippen LogP contribution in [-0.4, -0.2) is 35.8 Å². The van der Waals surface area contributed by atoms with E-state index in [1.807, 2.05) is 6.92 Å². The van der Waals surface area contributed by atoms with E-state index in [1.54, 1.807) is 0 Å². The highest BCUT2D eigenvalue weighted by molar-refractivity contribution is 5.13.